The Morgan fingerprint density at radius 2 is 2.14 bits per heavy atom. The summed E-state index contributed by atoms with van der Waals surface area (Å²) in [5, 5.41) is 5.88. The number of thiazole rings is 1. The number of hydrogen-bond donors (Lipinski definition) is 1. The molecule has 1 N–H and O–H groups in total. The van der Waals surface area contributed by atoms with Crippen LogP contribution in [0.1, 0.15) is 29.1 Å². The first-order valence-electron chi connectivity index (χ1n) is 7.15. The Balaban J connectivity index is 0.00000176. The summed E-state index contributed by atoms with van der Waals surface area (Å²) in [6, 6.07) is 4.09. The van der Waals surface area contributed by atoms with Gasteiger partial charge in [0.05, 0.1) is 0 Å². The fourth-order valence-corrected chi connectivity index (χ4v) is 3.33. The third-order valence-corrected chi connectivity index (χ3v) is 4.71. The van der Waals surface area contributed by atoms with Gasteiger partial charge in [0.1, 0.15) is 11.5 Å². The van der Waals surface area contributed by atoms with Crippen LogP contribution in [-0.4, -0.2) is 42.0 Å². The Morgan fingerprint density at radius 3 is 2.77 bits per heavy atom. The van der Waals surface area contributed by atoms with Crippen LogP contribution < -0.4 is 5.32 Å². The number of nitrogens with zero attached hydrogens (tertiary/aromatic N) is 2. The van der Waals surface area contributed by atoms with Crippen molar-refractivity contribution in [1.29, 1.82) is 0 Å². The molecule has 1 saturated heterocycles. The smallest absolute Gasteiger partial charge is 0.273 e. The third-order valence-electron chi connectivity index (χ3n) is 3.85. The topological polar surface area (TPSA) is 58.4 Å². The van der Waals surface area contributed by atoms with Crippen molar-refractivity contribution in [2.24, 2.45) is 0 Å². The molecule has 0 aliphatic carbocycles. The van der Waals surface area contributed by atoms with Crippen LogP contribution in [0.25, 0.3) is 10.8 Å². The minimum absolute atomic E-state index is 0. The third kappa shape index (κ3) is 3.51. The molecule has 1 aliphatic heterocycles. The molecule has 0 spiro atoms. The first kappa shape index (κ1) is 17.0. The van der Waals surface area contributed by atoms with Gasteiger partial charge < -0.3 is 14.6 Å². The number of aryl methyl sites for hydroxylation is 1. The predicted molar refractivity (Wildman–Crippen MR) is 89.8 cm³/mol. The van der Waals surface area contributed by atoms with Gasteiger partial charge in [0.25, 0.3) is 5.91 Å². The maximum atomic E-state index is 12.5. The molecule has 1 amide bonds. The predicted octanol–water partition coefficient (Wildman–Crippen LogP) is 2.96. The van der Waals surface area contributed by atoms with Crippen molar-refractivity contribution >= 4 is 29.7 Å². The fraction of sp³-hybridized carbons (Fsp3) is 0.467. The second-order valence-corrected chi connectivity index (χ2v) is 6.20. The van der Waals surface area contributed by atoms with E-state index in [9.17, 15) is 4.79 Å². The van der Waals surface area contributed by atoms with Crippen molar-refractivity contribution < 1.29 is 9.21 Å². The van der Waals surface area contributed by atoms with Gasteiger partial charge in [-0.3, -0.25) is 4.79 Å². The average Bonchev–Trinajstić information content (AvgIpc) is 3.15. The highest BCUT2D eigenvalue weighted by molar-refractivity contribution is 7.13. The van der Waals surface area contributed by atoms with Crippen molar-refractivity contribution in [2.75, 3.05) is 20.1 Å². The van der Waals surface area contributed by atoms with Gasteiger partial charge in [0.15, 0.2) is 10.8 Å². The lowest BCUT2D eigenvalue weighted by molar-refractivity contribution is 0.0698. The zero-order valence-electron chi connectivity index (χ0n) is 12.7. The molecule has 22 heavy (non-hydrogen) atoms. The zero-order chi connectivity index (χ0) is 14.8. The maximum Gasteiger partial charge on any atom is 0.273 e. The monoisotopic (exact) mass is 341 g/mol. The van der Waals surface area contributed by atoms with E-state index in [0.717, 1.165) is 42.5 Å². The lowest BCUT2D eigenvalue weighted by atomic mass is 10.1. The number of halogens is 1. The number of amides is 1. The SMILES string of the molecule is Cc1ccc(-c2nc(C(=O)N(C)C3CCNCC3)cs2)o1.Cl. The molecule has 0 radical (unpaired) electrons. The summed E-state index contributed by atoms with van der Waals surface area (Å²) < 4.78 is 5.55. The van der Waals surface area contributed by atoms with E-state index in [1.165, 1.54) is 11.3 Å². The van der Waals surface area contributed by atoms with E-state index < -0.39 is 0 Å². The quantitative estimate of drug-likeness (QED) is 0.932. The molecular weight excluding hydrogens is 322 g/mol. The summed E-state index contributed by atoms with van der Waals surface area (Å²) in [6.07, 6.45) is 1.99. The van der Waals surface area contributed by atoms with Crippen LogP contribution in [0.2, 0.25) is 0 Å². The van der Waals surface area contributed by atoms with Crippen LogP contribution in [0.5, 0.6) is 0 Å². The Morgan fingerprint density at radius 1 is 1.41 bits per heavy atom. The fourth-order valence-electron chi connectivity index (χ4n) is 2.58. The van der Waals surface area contributed by atoms with E-state index in [1.807, 2.05) is 36.4 Å². The van der Waals surface area contributed by atoms with Gasteiger partial charge in [-0.25, -0.2) is 4.98 Å². The molecule has 3 rings (SSSR count). The molecule has 0 atom stereocenters. The highest BCUT2D eigenvalue weighted by Gasteiger charge is 2.24. The molecule has 1 fully saturated rings. The molecule has 7 heteroatoms. The van der Waals surface area contributed by atoms with Crippen molar-refractivity contribution in [3.63, 3.8) is 0 Å². The number of hydrogen-bond acceptors (Lipinski definition) is 5. The Kier molecular flexibility index (Phi) is 5.61. The van der Waals surface area contributed by atoms with Gasteiger partial charge >= 0.3 is 0 Å². The largest absolute Gasteiger partial charge is 0.459 e. The molecule has 1 aliphatic rings. The summed E-state index contributed by atoms with van der Waals surface area (Å²) in [4.78, 5) is 18.8. The van der Waals surface area contributed by atoms with Crippen molar-refractivity contribution in [3.8, 4) is 10.8 Å². The van der Waals surface area contributed by atoms with Gasteiger partial charge in [-0.05, 0) is 45.0 Å². The number of aromatic nitrogens is 1. The molecule has 3 heterocycles. The van der Waals surface area contributed by atoms with Crippen LogP contribution in [0, 0.1) is 6.92 Å². The second kappa shape index (κ2) is 7.26. The minimum atomic E-state index is -0.00678. The van der Waals surface area contributed by atoms with Crippen LogP contribution in [0.4, 0.5) is 0 Å². The molecular formula is C15H20ClN3O2S. The van der Waals surface area contributed by atoms with Crippen LogP contribution in [-0.2, 0) is 0 Å². The zero-order valence-corrected chi connectivity index (χ0v) is 14.3. The van der Waals surface area contributed by atoms with Crippen molar-refractivity contribution in [2.45, 2.75) is 25.8 Å². The van der Waals surface area contributed by atoms with Crippen LogP contribution in [0.15, 0.2) is 21.9 Å². The number of furan rings is 1. The number of nitrogens with one attached hydrogen (secondary N) is 1. The molecule has 2 aromatic heterocycles. The average molecular weight is 342 g/mol. The van der Waals surface area contributed by atoms with Crippen LogP contribution >= 0.6 is 23.7 Å². The van der Waals surface area contributed by atoms with Crippen molar-refractivity contribution in [3.05, 3.63) is 29.0 Å². The summed E-state index contributed by atoms with van der Waals surface area (Å²) in [7, 11) is 1.87. The maximum absolute atomic E-state index is 12.5. The summed E-state index contributed by atoms with van der Waals surface area (Å²) in [6.45, 7) is 3.83. The number of carbonyl (C=O) groups is 1. The Bertz CT molecular complexity index is 634. The first-order valence-corrected chi connectivity index (χ1v) is 8.03. The lowest BCUT2D eigenvalue weighted by Crippen LogP contribution is -2.44. The van der Waals surface area contributed by atoms with Gasteiger partial charge in [0.2, 0.25) is 0 Å². The standard InChI is InChI=1S/C15H19N3O2S.ClH/c1-10-3-4-13(20-10)14-17-12(9-21-14)15(19)18(2)11-5-7-16-8-6-11;/h3-4,9,11,16H,5-8H2,1-2H3;1H. The highest BCUT2D eigenvalue weighted by atomic mass is 35.5. The van der Waals surface area contributed by atoms with E-state index in [0.29, 0.717) is 11.7 Å². The molecule has 0 aromatic carbocycles. The lowest BCUT2D eigenvalue weighted by Gasteiger charge is -2.31. The molecule has 2 aromatic rings. The summed E-state index contributed by atoms with van der Waals surface area (Å²) in [5.74, 6) is 1.56. The normalized spacial score (nSPS) is 15.4. The van der Waals surface area contributed by atoms with Gasteiger partial charge in [-0.1, -0.05) is 0 Å². The Labute approximate surface area is 140 Å². The first-order chi connectivity index (χ1) is 10.1. The van der Waals surface area contributed by atoms with E-state index in [2.05, 4.69) is 10.3 Å². The van der Waals surface area contributed by atoms with E-state index in [4.69, 9.17) is 4.42 Å². The van der Waals surface area contributed by atoms with Crippen molar-refractivity contribution in [1.82, 2.24) is 15.2 Å². The molecule has 120 valence electrons. The number of carbonyl (C=O) groups excluding carboxylic acids is 1. The molecule has 0 unspecified atom stereocenters. The molecule has 0 bridgehead atoms. The van der Waals surface area contributed by atoms with Gasteiger partial charge in [0, 0.05) is 18.5 Å². The second-order valence-electron chi connectivity index (χ2n) is 5.35. The van der Waals surface area contributed by atoms with E-state index in [-0.39, 0.29) is 18.3 Å². The number of rotatable bonds is 3. The van der Waals surface area contributed by atoms with Gasteiger partial charge in [-0.2, -0.15) is 0 Å². The van der Waals surface area contributed by atoms with Gasteiger partial charge in [-0.15, -0.1) is 23.7 Å². The summed E-state index contributed by atoms with van der Waals surface area (Å²) in [5.41, 5.74) is 0.505. The van der Waals surface area contributed by atoms with Crippen LogP contribution in [0.3, 0.4) is 0 Å². The summed E-state index contributed by atoms with van der Waals surface area (Å²) >= 11 is 1.44. The number of piperidine rings is 1. The minimum Gasteiger partial charge on any atom is -0.459 e. The Hall–Kier alpha value is -1.37. The highest BCUT2D eigenvalue weighted by Crippen LogP contribution is 2.26. The van der Waals surface area contributed by atoms with E-state index >= 15 is 0 Å². The molecule has 0 saturated carbocycles. The molecule has 5 nitrogen and oxygen atoms in total. The van der Waals surface area contributed by atoms with E-state index in [1.54, 1.807) is 0 Å².